The first-order valence-electron chi connectivity index (χ1n) is 11.4. The van der Waals surface area contributed by atoms with Crippen LogP contribution in [0.3, 0.4) is 0 Å². The summed E-state index contributed by atoms with van der Waals surface area (Å²) in [6.07, 6.45) is 0. The summed E-state index contributed by atoms with van der Waals surface area (Å²) < 4.78 is 39.1. The van der Waals surface area contributed by atoms with E-state index in [-0.39, 0.29) is 35.3 Å². The molecule has 1 saturated heterocycles. The van der Waals surface area contributed by atoms with Gasteiger partial charge in [0.25, 0.3) is 11.6 Å². The van der Waals surface area contributed by atoms with Crippen LogP contribution in [0.5, 0.6) is 0 Å². The molecule has 0 atom stereocenters. The van der Waals surface area contributed by atoms with Gasteiger partial charge in [-0.3, -0.25) is 15.1 Å². The van der Waals surface area contributed by atoms with Gasteiger partial charge in [-0.2, -0.15) is 5.10 Å². The van der Waals surface area contributed by atoms with Gasteiger partial charge in [0, 0.05) is 42.9 Å². The van der Waals surface area contributed by atoms with Crippen molar-refractivity contribution in [3.05, 3.63) is 87.7 Å². The van der Waals surface area contributed by atoms with Crippen LogP contribution in [0.4, 0.5) is 8.78 Å². The number of nitrogens with one attached hydrogen (secondary N) is 1. The van der Waals surface area contributed by atoms with Gasteiger partial charge in [0.1, 0.15) is 11.6 Å². The Labute approximate surface area is 206 Å². The molecule has 188 valence electrons. The third-order valence-corrected chi connectivity index (χ3v) is 5.54. The lowest BCUT2D eigenvalue weighted by atomic mass is 10.1. The zero-order chi connectivity index (χ0) is 25.5. The van der Waals surface area contributed by atoms with E-state index in [2.05, 4.69) is 15.0 Å². The van der Waals surface area contributed by atoms with Gasteiger partial charge in [-0.1, -0.05) is 12.1 Å². The Kier molecular flexibility index (Phi) is 8.13. The summed E-state index contributed by atoms with van der Waals surface area (Å²) in [5.41, 5.74) is 7.03. The van der Waals surface area contributed by atoms with Crippen molar-refractivity contribution >= 4 is 11.9 Å². The fraction of sp³-hybridized carbons (Fsp3) is 0.280. The largest absolute Gasteiger partial charge is 0.407 e. The van der Waals surface area contributed by atoms with Crippen LogP contribution in [0, 0.1) is 17.0 Å². The highest BCUT2D eigenvalue weighted by Gasteiger charge is 2.11. The first kappa shape index (κ1) is 25.1. The van der Waals surface area contributed by atoms with Crippen molar-refractivity contribution in [2.24, 2.45) is 10.7 Å². The fourth-order valence-electron chi connectivity index (χ4n) is 3.72. The molecule has 3 aromatic rings. The minimum absolute atomic E-state index is 0.0781. The van der Waals surface area contributed by atoms with Gasteiger partial charge in [-0.15, -0.1) is 0 Å². The summed E-state index contributed by atoms with van der Waals surface area (Å²) in [7, 11) is 0. The molecule has 11 heteroatoms. The number of rotatable bonds is 7. The van der Waals surface area contributed by atoms with Crippen LogP contribution in [0.1, 0.15) is 11.1 Å². The van der Waals surface area contributed by atoms with Crippen LogP contribution in [-0.4, -0.2) is 66.0 Å². The van der Waals surface area contributed by atoms with Crippen LogP contribution in [0.25, 0.3) is 11.3 Å². The summed E-state index contributed by atoms with van der Waals surface area (Å²) in [5, 5.41) is 12.5. The third-order valence-electron chi connectivity index (χ3n) is 5.54. The van der Waals surface area contributed by atoms with Gasteiger partial charge in [0.15, 0.2) is 0 Å². The number of nitrogens with two attached hydrogens (primary N) is 1. The molecule has 0 spiro atoms. The number of hydrogen-bond donors (Lipinski definition) is 2. The van der Waals surface area contributed by atoms with E-state index in [1.54, 1.807) is 24.3 Å². The highest BCUT2D eigenvalue weighted by molar-refractivity contribution is 5.99. The SMILES string of the molecule is N=C(OC(N)=NCCN1CCOCC1)c1cccc(Cn2nc(-c3cc(F)cc(F)c3)ccc2=O)c1. The van der Waals surface area contributed by atoms with Crippen molar-refractivity contribution in [2.75, 3.05) is 39.4 Å². The number of aromatic nitrogens is 2. The zero-order valence-corrected chi connectivity index (χ0v) is 19.5. The molecule has 0 aliphatic carbocycles. The Balaban J connectivity index is 1.42. The van der Waals surface area contributed by atoms with Crippen LogP contribution >= 0.6 is 0 Å². The summed E-state index contributed by atoms with van der Waals surface area (Å²) in [4.78, 5) is 18.8. The molecular weight excluding hydrogens is 470 g/mol. The zero-order valence-electron chi connectivity index (χ0n) is 19.5. The van der Waals surface area contributed by atoms with Crippen LogP contribution < -0.4 is 11.3 Å². The fourth-order valence-corrected chi connectivity index (χ4v) is 3.72. The summed E-state index contributed by atoms with van der Waals surface area (Å²) >= 11 is 0. The van der Waals surface area contributed by atoms with E-state index >= 15 is 0 Å². The lowest BCUT2D eigenvalue weighted by Gasteiger charge is -2.25. The summed E-state index contributed by atoms with van der Waals surface area (Å²) in [5.74, 6) is -1.66. The molecule has 1 aliphatic rings. The Morgan fingerprint density at radius 3 is 2.61 bits per heavy atom. The van der Waals surface area contributed by atoms with Crippen molar-refractivity contribution in [1.29, 1.82) is 5.41 Å². The van der Waals surface area contributed by atoms with E-state index in [1.165, 1.54) is 16.8 Å². The van der Waals surface area contributed by atoms with E-state index in [4.69, 9.17) is 20.6 Å². The average molecular weight is 497 g/mol. The van der Waals surface area contributed by atoms with Crippen molar-refractivity contribution < 1.29 is 18.3 Å². The Morgan fingerprint density at radius 1 is 1.11 bits per heavy atom. The molecule has 2 aromatic carbocycles. The second-order valence-corrected chi connectivity index (χ2v) is 8.18. The molecule has 0 bridgehead atoms. The molecule has 0 amide bonds. The number of ether oxygens (including phenoxy) is 2. The molecule has 0 saturated carbocycles. The number of benzene rings is 2. The van der Waals surface area contributed by atoms with Gasteiger partial charge >= 0.3 is 0 Å². The van der Waals surface area contributed by atoms with E-state index < -0.39 is 11.6 Å². The normalized spacial score (nSPS) is 14.6. The van der Waals surface area contributed by atoms with E-state index in [0.717, 1.165) is 37.8 Å². The van der Waals surface area contributed by atoms with Crippen molar-refractivity contribution in [2.45, 2.75) is 6.54 Å². The minimum atomic E-state index is -0.736. The smallest absolute Gasteiger partial charge is 0.288 e. The molecule has 1 aromatic heterocycles. The minimum Gasteiger partial charge on any atom is -0.407 e. The molecule has 1 fully saturated rings. The maximum Gasteiger partial charge on any atom is 0.288 e. The van der Waals surface area contributed by atoms with Crippen molar-refractivity contribution in [1.82, 2.24) is 14.7 Å². The number of nitrogens with zero attached hydrogens (tertiary/aromatic N) is 4. The maximum atomic E-state index is 13.6. The van der Waals surface area contributed by atoms with E-state index in [1.807, 2.05) is 0 Å². The van der Waals surface area contributed by atoms with E-state index in [9.17, 15) is 13.6 Å². The molecule has 9 nitrogen and oxygen atoms in total. The topological polar surface area (TPSA) is 119 Å². The molecule has 1 aliphatic heterocycles. The standard InChI is InChI=1S/C25H26F2N6O3/c26-20-13-19(14-21(27)15-20)22-4-5-23(34)33(31-22)16-17-2-1-3-18(12-17)24(28)36-25(29)30-6-7-32-8-10-35-11-9-32/h1-5,12-15,28H,6-11,16H2,(H2,29,30). The molecule has 3 N–H and O–H groups in total. The predicted molar refractivity (Wildman–Crippen MR) is 131 cm³/mol. The average Bonchev–Trinajstić information content (AvgIpc) is 2.85. The van der Waals surface area contributed by atoms with Gasteiger partial charge in [-0.05, 0) is 35.9 Å². The lowest BCUT2D eigenvalue weighted by molar-refractivity contribution is 0.0394. The number of aliphatic imine (C=N–C) groups is 1. The van der Waals surface area contributed by atoms with E-state index in [0.29, 0.717) is 30.9 Å². The van der Waals surface area contributed by atoms with Gasteiger partial charge in [-0.25, -0.2) is 18.5 Å². The first-order chi connectivity index (χ1) is 17.4. The summed E-state index contributed by atoms with van der Waals surface area (Å²) in [6.45, 7) is 4.34. The maximum absolute atomic E-state index is 13.6. The molecule has 0 radical (unpaired) electrons. The quantitative estimate of drug-likeness (QED) is 0.383. The van der Waals surface area contributed by atoms with Crippen LogP contribution in [0.2, 0.25) is 0 Å². The van der Waals surface area contributed by atoms with Gasteiger partial charge in [0.05, 0.1) is 32.0 Å². The van der Waals surface area contributed by atoms with Crippen molar-refractivity contribution in [3.63, 3.8) is 0 Å². The molecular formula is C25H26F2N6O3. The third kappa shape index (κ3) is 6.80. The Hall–Kier alpha value is -3.96. The lowest BCUT2D eigenvalue weighted by Crippen LogP contribution is -2.38. The van der Waals surface area contributed by atoms with Crippen molar-refractivity contribution in [3.8, 4) is 11.3 Å². The van der Waals surface area contributed by atoms with Gasteiger partial charge in [0.2, 0.25) is 5.90 Å². The van der Waals surface area contributed by atoms with Crippen LogP contribution in [0.15, 0.2) is 64.4 Å². The second kappa shape index (κ2) is 11.6. The Morgan fingerprint density at radius 2 is 1.86 bits per heavy atom. The molecule has 0 unspecified atom stereocenters. The monoisotopic (exact) mass is 496 g/mol. The number of hydrogen-bond acceptors (Lipinski definition) is 7. The second-order valence-electron chi connectivity index (χ2n) is 8.18. The predicted octanol–water partition coefficient (Wildman–Crippen LogP) is 2.23. The Bertz CT molecular complexity index is 1300. The first-order valence-corrected chi connectivity index (χ1v) is 11.4. The highest BCUT2D eigenvalue weighted by Crippen LogP contribution is 2.19. The molecule has 36 heavy (non-hydrogen) atoms. The van der Waals surface area contributed by atoms with Crippen LogP contribution in [-0.2, 0) is 16.0 Å². The molecule has 4 rings (SSSR count). The van der Waals surface area contributed by atoms with Gasteiger partial charge < -0.3 is 15.2 Å². The summed E-state index contributed by atoms with van der Waals surface area (Å²) in [6, 6.07) is 12.5. The highest BCUT2D eigenvalue weighted by atomic mass is 19.1. The number of morpholine rings is 1. The molecule has 2 heterocycles. The number of halogens is 2. The number of amidine groups is 1.